The fourth-order valence-corrected chi connectivity index (χ4v) is 3.59. The summed E-state index contributed by atoms with van der Waals surface area (Å²) in [6.45, 7) is 5.14. The van der Waals surface area contributed by atoms with Crippen molar-refractivity contribution < 1.29 is 13.2 Å². The molecule has 1 aromatic heterocycles. The number of sulfone groups is 1. The number of aryl methyl sites for hydroxylation is 1. The summed E-state index contributed by atoms with van der Waals surface area (Å²) in [4.78, 5) is 16.6. The third-order valence-electron chi connectivity index (χ3n) is 3.63. The number of fused-ring (bicyclic) bond motifs is 1. The highest BCUT2D eigenvalue weighted by Crippen LogP contribution is 2.25. The molecule has 2 aromatic rings. The maximum absolute atomic E-state index is 12.3. The van der Waals surface area contributed by atoms with Crippen LogP contribution in [0.1, 0.15) is 25.8 Å². The zero-order valence-corrected chi connectivity index (χ0v) is 13.8. The van der Waals surface area contributed by atoms with Crippen LogP contribution in [-0.2, 0) is 14.6 Å². The Bertz CT molecular complexity index is 800. The highest BCUT2D eigenvalue weighted by atomic mass is 32.2. The smallest absolute Gasteiger partial charge is 0.242 e. The Morgan fingerprint density at radius 1 is 1.32 bits per heavy atom. The lowest BCUT2D eigenvalue weighted by Gasteiger charge is -2.14. The van der Waals surface area contributed by atoms with Gasteiger partial charge in [-0.25, -0.2) is 8.42 Å². The number of carbonyl (C=O) groups excluding carboxylic acids is 1. The molecule has 6 heteroatoms. The van der Waals surface area contributed by atoms with Crippen molar-refractivity contribution in [1.29, 1.82) is 0 Å². The summed E-state index contributed by atoms with van der Waals surface area (Å²) in [5.41, 5.74) is 2.38. The van der Waals surface area contributed by atoms with Crippen molar-refractivity contribution in [3.05, 3.63) is 36.0 Å². The first-order valence-electron chi connectivity index (χ1n) is 7.23. The molecule has 0 aliphatic rings. The average Bonchev–Trinajstić information content (AvgIpc) is 2.49. The van der Waals surface area contributed by atoms with E-state index in [2.05, 4.69) is 10.3 Å². The number of rotatable bonds is 5. The van der Waals surface area contributed by atoms with Crippen LogP contribution in [0.5, 0.6) is 0 Å². The zero-order chi connectivity index (χ0) is 16.3. The van der Waals surface area contributed by atoms with Crippen LogP contribution in [0.2, 0.25) is 0 Å². The van der Waals surface area contributed by atoms with Crippen molar-refractivity contribution in [1.82, 2.24) is 4.98 Å². The third kappa shape index (κ3) is 3.27. The van der Waals surface area contributed by atoms with E-state index in [1.165, 1.54) is 6.92 Å². The summed E-state index contributed by atoms with van der Waals surface area (Å²) >= 11 is 0. The Hall–Kier alpha value is -1.95. The van der Waals surface area contributed by atoms with E-state index in [0.717, 1.165) is 16.5 Å². The molecule has 0 unspecified atom stereocenters. The van der Waals surface area contributed by atoms with Crippen molar-refractivity contribution in [2.24, 2.45) is 0 Å². The highest BCUT2D eigenvalue weighted by molar-refractivity contribution is 7.92. The average molecular weight is 320 g/mol. The molecule has 1 heterocycles. The molecule has 0 spiro atoms. The Balaban J connectivity index is 2.32. The van der Waals surface area contributed by atoms with Crippen molar-refractivity contribution in [2.75, 3.05) is 11.1 Å². The molecule has 0 radical (unpaired) electrons. The number of hydrogen-bond donors (Lipinski definition) is 1. The predicted octanol–water partition coefficient (Wildman–Crippen LogP) is 2.70. The van der Waals surface area contributed by atoms with E-state index < -0.39 is 21.0 Å². The maximum atomic E-state index is 12.3. The molecule has 1 atom stereocenters. The first-order chi connectivity index (χ1) is 10.4. The highest BCUT2D eigenvalue weighted by Gasteiger charge is 2.27. The topological polar surface area (TPSA) is 76.1 Å². The first-order valence-corrected chi connectivity index (χ1v) is 8.95. The van der Waals surface area contributed by atoms with E-state index in [9.17, 15) is 13.2 Å². The molecular weight excluding hydrogens is 300 g/mol. The molecule has 0 bridgehead atoms. The third-order valence-corrected chi connectivity index (χ3v) is 5.89. The van der Waals surface area contributed by atoms with E-state index >= 15 is 0 Å². The SMILES string of the molecule is CCCS(=O)(=O)[C@@H](C)C(=O)Nc1ccc(C)c2ncccc12. The van der Waals surface area contributed by atoms with Gasteiger partial charge in [0, 0.05) is 11.6 Å². The van der Waals surface area contributed by atoms with E-state index in [1.807, 2.05) is 19.1 Å². The molecule has 2 rings (SSSR count). The molecule has 1 amide bonds. The number of hydrogen-bond acceptors (Lipinski definition) is 4. The van der Waals surface area contributed by atoms with Crippen LogP contribution >= 0.6 is 0 Å². The Kier molecular flexibility index (Phi) is 4.81. The van der Waals surface area contributed by atoms with Gasteiger partial charge in [0.1, 0.15) is 5.25 Å². The normalized spacial score (nSPS) is 13.0. The molecular formula is C16H20N2O3S. The van der Waals surface area contributed by atoms with Crippen molar-refractivity contribution >= 4 is 32.3 Å². The summed E-state index contributed by atoms with van der Waals surface area (Å²) in [6.07, 6.45) is 2.19. The van der Waals surface area contributed by atoms with Crippen molar-refractivity contribution in [3.63, 3.8) is 0 Å². The second kappa shape index (κ2) is 6.44. The van der Waals surface area contributed by atoms with Gasteiger partial charge in [0.15, 0.2) is 9.84 Å². The first kappa shape index (κ1) is 16.4. The lowest BCUT2D eigenvalue weighted by Crippen LogP contribution is -2.34. The van der Waals surface area contributed by atoms with Gasteiger partial charge in [-0.05, 0) is 44.0 Å². The molecule has 0 aliphatic carbocycles. The van der Waals surface area contributed by atoms with Gasteiger partial charge in [-0.15, -0.1) is 0 Å². The summed E-state index contributed by atoms with van der Waals surface area (Å²) in [5, 5.41) is 2.45. The standard InChI is InChI=1S/C16H20N2O3S/c1-4-10-22(20,21)12(3)16(19)18-14-8-7-11(2)15-13(14)6-5-9-17-15/h5-9,12H,4,10H2,1-3H3,(H,18,19)/t12-/m0/s1. The predicted molar refractivity (Wildman–Crippen MR) is 88.6 cm³/mol. The molecule has 0 fully saturated rings. The number of anilines is 1. The van der Waals surface area contributed by atoms with Gasteiger partial charge in [-0.1, -0.05) is 13.0 Å². The van der Waals surface area contributed by atoms with Crippen LogP contribution in [0.15, 0.2) is 30.5 Å². The molecule has 5 nitrogen and oxygen atoms in total. The van der Waals surface area contributed by atoms with E-state index in [0.29, 0.717) is 12.1 Å². The minimum absolute atomic E-state index is 0.0117. The maximum Gasteiger partial charge on any atom is 0.242 e. The lowest BCUT2D eigenvalue weighted by molar-refractivity contribution is -0.115. The molecule has 0 aliphatic heterocycles. The number of amides is 1. The molecule has 1 N–H and O–H groups in total. The molecule has 0 saturated carbocycles. The Labute approximate surface area is 130 Å². The van der Waals surface area contributed by atoms with Crippen molar-refractivity contribution in [3.8, 4) is 0 Å². The van der Waals surface area contributed by atoms with Crippen molar-refractivity contribution in [2.45, 2.75) is 32.4 Å². The number of pyridine rings is 1. The second-order valence-electron chi connectivity index (χ2n) is 5.33. The number of benzene rings is 1. The lowest BCUT2D eigenvalue weighted by atomic mass is 10.1. The van der Waals surface area contributed by atoms with Gasteiger partial charge >= 0.3 is 0 Å². The molecule has 118 valence electrons. The minimum atomic E-state index is -3.42. The van der Waals surface area contributed by atoms with Crippen LogP contribution in [0, 0.1) is 6.92 Å². The number of aromatic nitrogens is 1. The summed E-state index contributed by atoms with van der Waals surface area (Å²) in [6, 6.07) is 7.28. The van der Waals surface area contributed by atoms with Gasteiger partial charge < -0.3 is 5.32 Å². The Morgan fingerprint density at radius 2 is 2.05 bits per heavy atom. The van der Waals surface area contributed by atoms with Gasteiger partial charge in [0.2, 0.25) is 5.91 Å². The second-order valence-corrected chi connectivity index (χ2v) is 7.77. The van der Waals surface area contributed by atoms with E-state index in [4.69, 9.17) is 0 Å². The molecule has 0 saturated heterocycles. The molecule has 22 heavy (non-hydrogen) atoms. The number of nitrogens with one attached hydrogen (secondary N) is 1. The monoisotopic (exact) mass is 320 g/mol. The summed E-state index contributed by atoms with van der Waals surface area (Å²) < 4.78 is 24.0. The van der Waals surface area contributed by atoms with Crippen LogP contribution in [0.3, 0.4) is 0 Å². The fraction of sp³-hybridized carbons (Fsp3) is 0.375. The number of carbonyl (C=O) groups is 1. The van der Waals surface area contributed by atoms with Gasteiger partial charge in [0.05, 0.1) is 17.0 Å². The minimum Gasteiger partial charge on any atom is -0.324 e. The quantitative estimate of drug-likeness (QED) is 0.919. The van der Waals surface area contributed by atoms with E-state index in [-0.39, 0.29) is 5.75 Å². The van der Waals surface area contributed by atoms with Gasteiger partial charge in [-0.3, -0.25) is 9.78 Å². The van der Waals surface area contributed by atoms with E-state index in [1.54, 1.807) is 25.3 Å². The van der Waals surface area contributed by atoms with Crippen LogP contribution in [0.25, 0.3) is 10.9 Å². The Morgan fingerprint density at radius 3 is 2.73 bits per heavy atom. The summed E-state index contributed by atoms with van der Waals surface area (Å²) in [7, 11) is -3.42. The largest absolute Gasteiger partial charge is 0.324 e. The molecule has 1 aromatic carbocycles. The number of nitrogens with zero attached hydrogens (tertiary/aromatic N) is 1. The van der Waals surface area contributed by atoms with Gasteiger partial charge in [-0.2, -0.15) is 0 Å². The van der Waals surface area contributed by atoms with Crippen LogP contribution in [-0.4, -0.2) is 30.3 Å². The fourth-order valence-electron chi connectivity index (χ4n) is 2.28. The summed E-state index contributed by atoms with van der Waals surface area (Å²) in [5.74, 6) is -0.500. The van der Waals surface area contributed by atoms with Gasteiger partial charge in [0.25, 0.3) is 0 Å². The van der Waals surface area contributed by atoms with Crippen LogP contribution in [0.4, 0.5) is 5.69 Å². The van der Waals surface area contributed by atoms with Crippen LogP contribution < -0.4 is 5.32 Å². The zero-order valence-electron chi connectivity index (χ0n) is 13.0.